The van der Waals surface area contributed by atoms with Crippen molar-refractivity contribution in [3.63, 3.8) is 0 Å². The molecule has 0 unspecified atom stereocenters. The Hall–Kier alpha value is -1.12. The van der Waals surface area contributed by atoms with Crippen LogP contribution in [0.1, 0.15) is 11.5 Å². The van der Waals surface area contributed by atoms with Crippen molar-refractivity contribution < 1.29 is 0 Å². The van der Waals surface area contributed by atoms with Crippen LogP contribution in [0.3, 0.4) is 0 Å². The van der Waals surface area contributed by atoms with Gasteiger partial charge in [0, 0.05) is 20.0 Å². The van der Waals surface area contributed by atoms with Crippen LogP contribution >= 0.6 is 0 Å². The molecule has 3 heteroatoms. The summed E-state index contributed by atoms with van der Waals surface area (Å²) in [5.41, 5.74) is 2.38. The molecule has 58 valence electrons. The van der Waals surface area contributed by atoms with Gasteiger partial charge in [0.1, 0.15) is 5.82 Å². The minimum absolute atomic E-state index is 0.874. The molecule has 2 heterocycles. The first-order valence-electron chi connectivity index (χ1n) is 3.81. The number of hydrogen-bond acceptors (Lipinski definition) is 3. The maximum absolute atomic E-state index is 4.35. The van der Waals surface area contributed by atoms with Gasteiger partial charge < -0.3 is 4.90 Å². The topological polar surface area (TPSA) is 29.0 Å². The quantitative estimate of drug-likeness (QED) is 0.545. The third kappa shape index (κ3) is 0.964. The Morgan fingerprint density at radius 3 is 3.18 bits per heavy atom. The molecule has 1 aliphatic heterocycles. The highest BCUT2D eigenvalue weighted by molar-refractivity contribution is 5.52. The number of aryl methyl sites for hydroxylation is 1. The van der Waals surface area contributed by atoms with E-state index in [9.17, 15) is 0 Å². The van der Waals surface area contributed by atoms with Crippen molar-refractivity contribution in [2.24, 2.45) is 0 Å². The fourth-order valence-electron chi connectivity index (χ4n) is 1.41. The van der Waals surface area contributed by atoms with E-state index < -0.39 is 0 Å². The van der Waals surface area contributed by atoms with Gasteiger partial charge in [0.25, 0.3) is 0 Å². The number of rotatable bonds is 0. The lowest BCUT2D eigenvalue weighted by Crippen LogP contribution is -2.12. The van der Waals surface area contributed by atoms with Gasteiger partial charge in [0.05, 0.1) is 17.6 Å². The second-order valence-corrected chi connectivity index (χ2v) is 2.92. The second-order valence-electron chi connectivity index (χ2n) is 2.92. The molecular weight excluding hydrogens is 138 g/mol. The molecule has 0 saturated heterocycles. The van der Waals surface area contributed by atoms with Gasteiger partial charge in [-0.15, -0.1) is 0 Å². The summed E-state index contributed by atoms with van der Waals surface area (Å²) in [4.78, 5) is 10.7. The van der Waals surface area contributed by atoms with Crippen LogP contribution in [0.4, 0.5) is 5.69 Å². The Kier molecular flexibility index (Phi) is 1.31. The Balaban J connectivity index is 2.50. The van der Waals surface area contributed by atoms with Gasteiger partial charge in [0.2, 0.25) is 0 Å². The molecule has 11 heavy (non-hydrogen) atoms. The standard InChI is InChI=1S/C8H11N3/c1-6-9-5-8-7(10-6)3-4-11(8)2/h5H,3-4H2,1-2H3. The maximum Gasteiger partial charge on any atom is 0.125 e. The molecule has 2 rings (SSSR count). The molecule has 0 saturated carbocycles. The average molecular weight is 149 g/mol. The van der Waals surface area contributed by atoms with Crippen molar-refractivity contribution in [2.45, 2.75) is 13.3 Å². The van der Waals surface area contributed by atoms with Crippen LogP contribution in [0.15, 0.2) is 6.20 Å². The summed E-state index contributed by atoms with van der Waals surface area (Å²) >= 11 is 0. The van der Waals surface area contributed by atoms with Crippen LogP contribution < -0.4 is 4.90 Å². The number of anilines is 1. The fourth-order valence-corrected chi connectivity index (χ4v) is 1.41. The lowest BCUT2D eigenvalue weighted by Gasteiger charge is -2.09. The number of nitrogens with zero attached hydrogens (tertiary/aromatic N) is 3. The molecule has 0 aromatic carbocycles. The maximum atomic E-state index is 4.35. The van der Waals surface area contributed by atoms with Crippen LogP contribution in [-0.4, -0.2) is 23.6 Å². The van der Waals surface area contributed by atoms with Crippen LogP contribution in [0.2, 0.25) is 0 Å². The summed E-state index contributed by atoms with van der Waals surface area (Å²) in [6.45, 7) is 3.01. The summed E-state index contributed by atoms with van der Waals surface area (Å²) in [6, 6.07) is 0. The Morgan fingerprint density at radius 2 is 2.36 bits per heavy atom. The first-order valence-corrected chi connectivity index (χ1v) is 3.81. The van der Waals surface area contributed by atoms with E-state index in [0.29, 0.717) is 0 Å². The lowest BCUT2D eigenvalue weighted by atomic mass is 10.3. The average Bonchev–Trinajstić information content (AvgIpc) is 2.32. The van der Waals surface area contributed by atoms with Gasteiger partial charge in [0.15, 0.2) is 0 Å². The largest absolute Gasteiger partial charge is 0.371 e. The molecule has 1 aromatic rings. The van der Waals surface area contributed by atoms with Gasteiger partial charge in [-0.25, -0.2) is 9.97 Å². The molecule has 0 amide bonds. The highest BCUT2D eigenvalue weighted by Crippen LogP contribution is 2.22. The molecule has 0 atom stereocenters. The van der Waals surface area contributed by atoms with E-state index in [0.717, 1.165) is 18.8 Å². The Labute approximate surface area is 66.1 Å². The van der Waals surface area contributed by atoms with Crippen molar-refractivity contribution in [2.75, 3.05) is 18.5 Å². The van der Waals surface area contributed by atoms with Crippen LogP contribution in [0, 0.1) is 6.92 Å². The predicted molar refractivity (Wildman–Crippen MR) is 43.7 cm³/mol. The third-order valence-electron chi connectivity index (χ3n) is 2.06. The fraction of sp³-hybridized carbons (Fsp3) is 0.500. The van der Waals surface area contributed by atoms with Crippen LogP contribution in [-0.2, 0) is 6.42 Å². The summed E-state index contributed by atoms with van der Waals surface area (Å²) in [5, 5.41) is 0. The second kappa shape index (κ2) is 2.19. The van der Waals surface area contributed by atoms with Gasteiger partial charge >= 0.3 is 0 Å². The molecule has 3 nitrogen and oxygen atoms in total. The monoisotopic (exact) mass is 149 g/mol. The molecule has 0 spiro atoms. The zero-order valence-corrected chi connectivity index (χ0v) is 6.83. The third-order valence-corrected chi connectivity index (χ3v) is 2.06. The molecule has 0 radical (unpaired) electrons. The normalized spacial score (nSPS) is 15.3. The number of fused-ring (bicyclic) bond motifs is 1. The zero-order valence-electron chi connectivity index (χ0n) is 6.83. The molecular formula is C8H11N3. The molecule has 1 aromatic heterocycles. The Bertz CT molecular complexity index is 283. The summed E-state index contributed by atoms with van der Waals surface area (Å²) in [6.07, 6.45) is 2.97. The highest BCUT2D eigenvalue weighted by atomic mass is 15.1. The van der Waals surface area contributed by atoms with Gasteiger partial charge in [-0.3, -0.25) is 0 Å². The van der Waals surface area contributed by atoms with Gasteiger partial charge in [-0.1, -0.05) is 0 Å². The van der Waals surface area contributed by atoms with E-state index in [1.54, 1.807) is 0 Å². The van der Waals surface area contributed by atoms with E-state index >= 15 is 0 Å². The predicted octanol–water partition coefficient (Wildman–Crippen LogP) is 0.777. The summed E-state index contributed by atoms with van der Waals surface area (Å²) in [5.74, 6) is 0.874. The van der Waals surface area contributed by atoms with Crippen molar-refractivity contribution >= 4 is 5.69 Å². The van der Waals surface area contributed by atoms with E-state index in [1.165, 1.54) is 11.4 Å². The summed E-state index contributed by atoms with van der Waals surface area (Å²) in [7, 11) is 2.07. The van der Waals surface area contributed by atoms with E-state index in [2.05, 4.69) is 21.9 Å². The number of likely N-dealkylation sites (N-methyl/N-ethyl adjacent to an activating group) is 1. The van der Waals surface area contributed by atoms with Crippen molar-refractivity contribution in [1.29, 1.82) is 0 Å². The SMILES string of the molecule is Cc1ncc2c(n1)CCN2C. The lowest BCUT2D eigenvalue weighted by molar-refractivity contribution is 0.936. The minimum atomic E-state index is 0.874. The first-order chi connectivity index (χ1) is 5.27. The molecule has 0 aliphatic carbocycles. The van der Waals surface area contributed by atoms with E-state index in [-0.39, 0.29) is 0 Å². The van der Waals surface area contributed by atoms with Crippen molar-refractivity contribution in [3.8, 4) is 0 Å². The van der Waals surface area contributed by atoms with Crippen LogP contribution in [0.25, 0.3) is 0 Å². The highest BCUT2D eigenvalue weighted by Gasteiger charge is 2.16. The summed E-state index contributed by atoms with van der Waals surface area (Å²) < 4.78 is 0. The van der Waals surface area contributed by atoms with Crippen molar-refractivity contribution in [3.05, 3.63) is 17.7 Å². The minimum Gasteiger partial charge on any atom is -0.371 e. The van der Waals surface area contributed by atoms with Crippen molar-refractivity contribution in [1.82, 2.24) is 9.97 Å². The first kappa shape index (κ1) is 6.58. The van der Waals surface area contributed by atoms with Gasteiger partial charge in [-0.2, -0.15) is 0 Å². The number of hydrogen-bond donors (Lipinski definition) is 0. The zero-order chi connectivity index (χ0) is 7.84. The van der Waals surface area contributed by atoms with E-state index in [4.69, 9.17) is 0 Å². The van der Waals surface area contributed by atoms with E-state index in [1.807, 2.05) is 13.1 Å². The molecule has 0 N–H and O–H groups in total. The van der Waals surface area contributed by atoms with Crippen LogP contribution in [0.5, 0.6) is 0 Å². The Morgan fingerprint density at radius 1 is 1.55 bits per heavy atom. The van der Waals surface area contributed by atoms with Gasteiger partial charge in [-0.05, 0) is 6.92 Å². The number of aromatic nitrogens is 2. The molecule has 1 aliphatic rings. The molecule has 0 bridgehead atoms. The smallest absolute Gasteiger partial charge is 0.125 e. The molecule has 0 fully saturated rings.